The number of carbonyl (C=O) groups excluding carboxylic acids is 1. The van der Waals surface area contributed by atoms with E-state index in [1.807, 2.05) is 29.2 Å². The maximum atomic E-state index is 13.1. The van der Waals surface area contributed by atoms with Crippen molar-refractivity contribution in [1.29, 1.82) is 0 Å². The molecule has 162 valence electrons. The van der Waals surface area contributed by atoms with Crippen LogP contribution in [-0.4, -0.2) is 44.5 Å². The first-order valence-corrected chi connectivity index (χ1v) is 12.6. The monoisotopic (exact) mass is 454 g/mol. The summed E-state index contributed by atoms with van der Waals surface area (Å²) < 4.78 is 7.51. The van der Waals surface area contributed by atoms with Gasteiger partial charge < -0.3 is 14.2 Å². The molecule has 2 aromatic heterocycles. The van der Waals surface area contributed by atoms with Gasteiger partial charge in [0.05, 0.1) is 12.9 Å². The molecule has 2 aliphatic rings. The highest BCUT2D eigenvalue weighted by atomic mass is 32.2. The topological polar surface area (TPSA) is 60.2 Å². The molecule has 1 aromatic carbocycles. The first-order chi connectivity index (χ1) is 15.2. The number of aromatic nitrogens is 3. The maximum Gasteiger partial charge on any atom is 0.233 e. The molecule has 2 heterocycles. The van der Waals surface area contributed by atoms with Gasteiger partial charge in [0.25, 0.3) is 0 Å². The van der Waals surface area contributed by atoms with Crippen molar-refractivity contribution in [2.75, 3.05) is 12.9 Å². The molecule has 0 aliphatic heterocycles. The number of thioether (sulfide) groups is 1. The lowest BCUT2D eigenvalue weighted by Crippen LogP contribution is -2.34. The number of thiophene rings is 1. The van der Waals surface area contributed by atoms with Crippen LogP contribution in [0.5, 0.6) is 5.75 Å². The summed E-state index contributed by atoms with van der Waals surface area (Å²) in [6, 6.07) is 13.0. The summed E-state index contributed by atoms with van der Waals surface area (Å²) in [6.07, 6.45) is 5.33. The highest BCUT2D eigenvalue weighted by Crippen LogP contribution is 2.39. The van der Waals surface area contributed by atoms with Crippen molar-refractivity contribution in [2.24, 2.45) is 0 Å². The van der Waals surface area contributed by atoms with Gasteiger partial charge >= 0.3 is 0 Å². The Labute approximate surface area is 190 Å². The van der Waals surface area contributed by atoms with E-state index in [2.05, 4.69) is 32.3 Å². The minimum atomic E-state index is 0.175. The highest BCUT2D eigenvalue weighted by Gasteiger charge is 2.34. The zero-order valence-electron chi connectivity index (χ0n) is 17.6. The number of methoxy groups -OCH3 is 1. The summed E-state index contributed by atoms with van der Waals surface area (Å²) >= 11 is 3.28. The minimum Gasteiger partial charge on any atom is -0.497 e. The average molecular weight is 455 g/mol. The van der Waals surface area contributed by atoms with Crippen LogP contribution in [0.25, 0.3) is 0 Å². The molecular formula is C23H26N4O2S2. The van der Waals surface area contributed by atoms with Crippen LogP contribution in [-0.2, 0) is 17.8 Å². The SMILES string of the molecule is COc1ccc(CN(C(=O)CSc2nnc(Cc3cccs3)n2C2CC2)C2CC2)cc1. The van der Waals surface area contributed by atoms with E-state index in [9.17, 15) is 4.79 Å². The van der Waals surface area contributed by atoms with E-state index in [1.54, 1.807) is 18.4 Å². The lowest BCUT2D eigenvalue weighted by molar-refractivity contribution is -0.129. The third kappa shape index (κ3) is 4.96. The van der Waals surface area contributed by atoms with Crippen LogP contribution in [0, 0.1) is 0 Å². The molecule has 6 nitrogen and oxygen atoms in total. The summed E-state index contributed by atoms with van der Waals surface area (Å²) in [5.74, 6) is 2.42. The molecule has 8 heteroatoms. The Morgan fingerprint density at radius 2 is 2.00 bits per heavy atom. The number of benzene rings is 1. The lowest BCUT2D eigenvalue weighted by Gasteiger charge is -2.22. The van der Waals surface area contributed by atoms with Crippen molar-refractivity contribution in [2.45, 2.75) is 55.9 Å². The van der Waals surface area contributed by atoms with Crippen molar-refractivity contribution < 1.29 is 9.53 Å². The van der Waals surface area contributed by atoms with E-state index in [0.29, 0.717) is 24.4 Å². The molecule has 31 heavy (non-hydrogen) atoms. The molecule has 1 amide bonds. The number of hydrogen-bond donors (Lipinski definition) is 0. The van der Waals surface area contributed by atoms with Gasteiger partial charge in [-0.1, -0.05) is 30.0 Å². The molecule has 5 rings (SSSR count). The third-order valence-corrected chi connectivity index (χ3v) is 7.51. The van der Waals surface area contributed by atoms with E-state index in [-0.39, 0.29) is 5.91 Å². The Hall–Kier alpha value is -2.32. The molecule has 0 spiro atoms. The predicted molar refractivity (Wildman–Crippen MR) is 123 cm³/mol. The van der Waals surface area contributed by atoms with E-state index in [1.165, 1.54) is 29.5 Å². The Balaban J connectivity index is 1.25. The predicted octanol–water partition coefficient (Wildman–Crippen LogP) is 4.56. The van der Waals surface area contributed by atoms with Gasteiger partial charge in [0.2, 0.25) is 5.91 Å². The molecule has 2 aliphatic carbocycles. The van der Waals surface area contributed by atoms with E-state index < -0.39 is 0 Å². The summed E-state index contributed by atoms with van der Waals surface area (Å²) in [6.45, 7) is 0.646. The van der Waals surface area contributed by atoms with E-state index >= 15 is 0 Å². The number of hydrogen-bond acceptors (Lipinski definition) is 6. The molecule has 3 aromatic rings. The second-order valence-corrected chi connectivity index (χ2v) is 10.1. The zero-order chi connectivity index (χ0) is 21.2. The largest absolute Gasteiger partial charge is 0.497 e. The average Bonchev–Trinajstić information content (AvgIpc) is 3.72. The van der Waals surface area contributed by atoms with Gasteiger partial charge in [-0.05, 0) is 54.8 Å². The van der Waals surface area contributed by atoms with E-state index in [4.69, 9.17) is 4.74 Å². The van der Waals surface area contributed by atoms with Crippen molar-refractivity contribution in [3.05, 3.63) is 58.0 Å². The highest BCUT2D eigenvalue weighted by molar-refractivity contribution is 7.99. The number of nitrogens with zero attached hydrogens (tertiary/aromatic N) is 4. The normalized spacial score (nSPS) is 15.8. The summed E-state index contributed by atoms with van der Waals surface area (Å²) in [7, 11) is 1.67. The molecule has 0 unspecified atom stereocenters. The molecule has 0 atom stereocenters. The van der Waals surface area contributed by atoms with Crippen molar-refractivity contribution in [3.63, 3.8) is 0 Å². The molecule has 0 saturated heterocycles. The van der Waals surface area contributed by atoms with Crippen LogP contribution >= 0.6 is 23.1 Å². The molecule has 2 saturated carbocycles. The maximum absolute atomic E-state index is 13.1. The molecule has 0 bridgehead atoms. The van der Waals surface area contributed by atoms with Crippen molar-refractivity contribution in [1.82, 2.24) is 19.7 Å². The molecular weight excluding hydrogens is 428 g/mol. The van der Waals surface area contributed by atoms with Crippen LogP contribution in [0.3, 0.4) is 0 Å². The third-order valence-electron chi connectivity index (χ3n) is 5.70. The Bertz CT molecular complexity index is 1020. The van der Waals surface area contributed by atoms with Gasteiger partial charge in [0, 0.05) is 29.9 Å². The van der Waals surface area contributed by atoms with Gasteiger partial charge in [-0.2, -0.15) is 0 Å². The van der Waals surface area contributed by atoms with Crippen LogP contribution in [0.4, 0.5) is 0 Å². The second-order valence-electron chi connectivity index (χ2n) is 8.15. The van der Waals surface area contributed by atoms with Gasteiger partial charge in [0.1, 0.15) is 11.6 Å². The van der Waals surface area contributed by atoms with Crippen LogP contribution in [0.1, 0.15) is 48.0 Å². The zero-order valence-corrected chi connectivity index (χ0v) is 19.2. The second kappa shape index (κ2) is 9.04. The summed E-state index contributed by atoms with van der Waals surface area (Å²) in [4.78, 5) is 16.4. The van der Waals surface area contributed by atoms with Gasteiger partial charge in [-0.25, -0.2) is 0 Å². The molecule has 0 N–H and O–H groups in total. The quantitative estimate of drug-likeness (QED) is 0.421. The molecule has 2 fully saturated rings. The Morgan fingerprint density at radius 3 is 2.65 bits per heavy atom. The Kier molecular flexibility index (Phi) is 6.00. The first-order valence-electron chi connectivity index (χ1n) is 10.7. The summed E-state index contributed by atoms with van der Waals surface area (Å²) in [5.41, 5.74) is 1.13. The van der Waals surface area contributed by atoms with Crippen LogP contribution in [0.2, 0.25) is 0 Å². The minimum absolute atomic E-state index is 0.175. The fourth-order valence-corrected chi connectivity index (χ4v) is 5.35. The number of amides is 1. The van der Waals surface area contributed by atoms with Crippen LogP contribution in [0.15, 0.2) is 46.9 Å². The standard InChI is InChI=1S/C23H26N4O2S2/c1-29-19-10-4-16(5-11-19)14-26(17-6-7-17)22(28)15-31-23-25-24-21(27(23)18-8-9-18)13-20-3-2-12-30-20/h2-5,10-12,17-18H,6-9,13-15H2,1H3. The first kappa shape index (κ1) is 20.6. The van der Waals surface area contributed by atoms with Crippen molar-refractivity contribution in [3.8, 4) is 5.75 Å². The Morgan fingerprint density at radius 1 is 1.19 bits per heavy atom. The fourth-order valence-electron chi connectivity index (χ4n) is 3.74. The van der Waals surface area contributed by atoms with Crippen molar-refractivity contribution >= 4 is 29.0 Å². The van der Waals surface area contributed by atoms with Gasteiger partial charge in [-0.15, -0.1) is 21.5 Å². The smallest absolute Gasteiger partial charge is 0.233 e. The van der Waals surface area contributed by atoms with Crippen LogP contribution < -0.4 is 4.74 Å². The number of rotatable bonds is 10. The number of carbonyl (C=O) groups is 1. The fraction of sp³-hybridized carbons (Fsp3) is 0.435. The molecule has 0 radical (unpaired) electrons. The number of ether oxygens (including phenoxy) is 1. The van der Waals surface area contributed by atoms with Gasteiger partial charge in [-0.3, -0.25) is 4.79 Å². The summed E-state index contributed by atoms with van der Waals surface area (Å²) in [5, 5.41) is 11.9. The van der Waals surface area contributed by atoms with E-state index in [0.717, 1.165) is 41.6 Å². The lowest BCUT2D eigenvalue weighted by atomic mass is 10.2. The van der Waals surface area contributed by atoms with Gasteiger partial charge in [0.15, 0.2) is 5.16 Å².